The number of carboxylic acid groups (broad SMARTS) is 1. The van der Waals surface area contributed by atoms with Gasteiger partial charge in [-0.05, 0) is 30.9 Å². The molecule has 0 atom stereocenters. The SMILES string of the molecule is O=C(CC1CCC1)Nc1ccc(C(=O)O)cc1[N+](=O)[O-]. The summed E-state index contributed by atoms with van der Waals surface area (Å²) in [4.78, 5) is 32.8. The molecule has 2 N–H and O–H groups in total. The maximum absolute atomic E-state index is 11.8. The molecule has 106 valence electrons. The molecule has 0 saturated heterocycles. The van der Waals surface area contributed by atoms with Crippen molar-refractivity contribution in [1.29, 1.82) is 0 Å². The van der Waals surface area contributed by atoms with E-state index in [1.54, 1.807) is 0 Å². The molecule has 1 aliphatic rings. The molecule has 20 heavy (non-hydrogen) atoms. The second kappa shape index (κ2) is 5.68. The summed E-state index contributed by atoms with van der Waals surface area (Å²) in [7, 11) is 0. The molecule has 1 aromatic rings. The predicted molar refractivity (Wildman–Crippen MR) is 70.6 cm³/mol. The molecule has 1 fully saturated rings. The lowest BCUT2D eigenvalue weighted by molar-refractivity contribution is -0.384. The Kier molecular flexibility index (Phi) is 3.97. The van der Waals surface area contributed by atoms with Gasteiger partial charge < -0.3 is 10.4 Å². The summed E-state index contributed by atoms with van der Waals surface area (Å²) in [5.41, 5.74) is -0.565. The zero-order valence-corrected chi connectivity index (χ0v) is 10.7. The number of benzene rings is 1. The molecule has 7 nitrogen and oxygen atoms in total. The number of nitrogens with one attached hydrogen (secondary N) is 1. The molecule has 0 aliphatic heterocycles. The van der Waals surface area contributed by atoms with Crippen LogP contribution in [0.4, 0.5) is 11.4 Å². The number of carboxylic acids is 1. The average molecular weight is 278 g/mol. The number of aromatic carboxylic acids is 1. The van der Waals surface area contributed by atoms with Gasteiger partial charge in [-0.1, -0.05) is 6.42 Å². The van der Waals surface area contributed by atoms with Gasteiger partial charge in [0.25, 0.3) is 5.69 Å². The molecule has 0 spiro atoms. The Balaban J connectivity index is 2.15. The fraction of sp³-hybridized carbons (Fsp3) is 0.385. The molecule has 1 aliphatic carbocycles. The van der Waals surface area contributed by atoms with E-state index < -0.39 is 16.6 Å². The van der Waals surface area contributed by atoms with E-state index in [1.165, 1.54) is 12.1 Å². The first-order valence-electron chi connectivity index (χ1n) is 6.29. The minimum absolute atomic E-state index is 0.0318. The minimum atomic E-state index is -1.25. The average Bonchev–Trinajstić information content (AvgIpc) is 2.33. The van der Waals surface area contributed by atoms with Gasteiger partial charge >= 0.3 is 5.97 Å². The zero-order chi connectivity index (χ0) is 14.7. The highest BCUT2D eigenvalue weighted by Gasteiger charge is 2.23. The Labute approximate surface area is 114 Å². The molecule has 0 aromatic heterocycles. The van der Waals surface area contributed by atoms with Crippen molar-refractivity contribution in [3.8, 4) is 0 Å². The molecular formula is C13H14N2O5. The third kappa shape index (κ3) is 3.11. The molecule has 0 bridgehead atoms. The van der Waals surface area contributed by atoms with E-state index in [1.807, 2.05) is 0 Å². The van der Waals surface area contributed by atoms with Crippen LogP contribution >= 0.6 is 0 Å². The fourth-order valence-corrected chi connectivity index (χ4v) is 2.08. The number of rotatable bonds is 5. The van der Waals surface area contributed by atoms with Crippen LogP contribution in [0.5, 0.6) is 0 Å². The van der Waals surface area contributed by atoms with Gasteiger partial charge in [-0.15, -0.1) is 0 Å². The number of nitrogens with zero attached hydrogens (tertiary/aromatic N) is 1. The Morgan fingerprint density at radius 3 is 2.60 bits per heavy atom. The lowest BCUT2D eigenvalue weighted by Crippen LogP contribution is -2.21. The third-order valence-corrected chi connectivity index (χ3v) is 3.41. The van der Waals surface area contributed by atoms with E-state index in [9.17, 15) is 19.7 Å². The number of amides is 1. The molecule has 1 saturated carbocycles. The van der Waals surface area contributed by atoms with Crippen LogP contribution < -0.4 is 5.32 Å². The smallest absolute Gasteiger partial charge is 0.335 e. The van der Waals surface area contributed by atoms with Gasteiger partial charge in [0.1, 0.15) is 5.69 Å². The van der Waals surface area contributed by atoms with Crippen molar-refractivity contribution >= 4 is 23.3 Å². The molecule has 7 heteroatoms. The summed E-state index contributed by atoms with van der Waals surface area (Å²) < 4.78 is 0. The van der Waals surface area contributed by atoms with E-state index in [0.29, 0.717) is 12.3 Å². The number of carbonyl (C=O) groups excluding carboxylic acids is 1. The Morgan fingerprint density at radius 2 is 2.10 bits per heavy atom. The first-order valence-corrected chi connectivity index (χ1v) is 6.29. The lowest BCUT2D eigenvalue weighted by atomic mass is 9.83. The van der Waals surface area contributed by atoms with Gasteiger partial charge in [0.05, 0.1) is 10.5 Å². The summed E-state index contributed by atoms with van der Waals surface area (Å²) in [6, 6.07) is 3.43. The summed E-state index contributed by atoms with van der Waals surface area (Å²) in [6.45, 7) is 0. The van der Waals surface area contributed by atoms with Gasteiger partial charge in [-0.25, -0.2) is 4.79 Å². The third-order valence-electron chi connectivity index (χ3n) is 3.41. The molecule has 1 aromatic carbocycles. The maximum atomic E-state index is 11.8. The first kappa shape index (κ1) is 14.0. The summed E-state index contributed by atoms with van der Waals surface area (Å²) in [5, 5.41) is 22.2. The quantitative estimate of drug-likeness (QED) is 0.635. The largest absolute Gasteiger partial charge is 0.478 e. The number of anilines is 1. The summed E-state index contributed by atoms with van der Waals surface area (Å²) in [5.74, 6) is -1.17. The second-order valence-electron chi connectivity index (χ2n) is 4.84. The molecule has 2 rings (SSSR count). The van der Waals surface area contributed by atoms with Gasteiger partial charge in [-0.2, -0.15) is 0 Å². The minimum Gasteiger partial charge on any atom is -0.478 e. The zero-order valence-electron chi connectivity index (χ0n) is 10.7. The van der Waals surface area contributed by atoms with Crippen molar-refractivity contribution in [2.75, 3.05) is 5.32 Å². The van der Waals surface area contributed by atoms with Crippen LogP contribution in [-0.2, 0) is 4.79 Å². The number of nitro groups is 1. The van der Waals surface area contributed by atoms with Gasteiger partial charge in [0.2, 0.25) is 5.91 Å². The van der Waals surface area contributed by atoms with E-state index in [4.69, 9.17) is 5.11 Å². The molecule has 0 unspecified atom stereocenters. The van der Waals surface area contributed by atoms with Gasteiger partial charge in [0, 0.05) is 12.5 Å². The van der Waals surface area contributed by atoms with Crippen LogP contribution in [0.25, 0.3) is 0 Å². The van der Waals surface area contributed by atoms with Crippen LogP contribution in [0.2, 0.25) is 0 Å². The van der Waals surface area contributed by atoms with Crippen molar-refractivity contribution in [2.45, 2.75) is 25.7 Å². The van der Waals surface area contributed by atoms with Crippen LogP contribution in [0.15, 0.2) is 18.2 Å². The molecule has 0 heterocycles. The highest BCUT2D eigenvalue weighted by molar-refractivity contribution is 5.95. The summed E-state index contributed by atoms with van der Waals surface area (Å²) in [6.07, 6.45) is 3.48. The van der Waals surface area contributed by atoms with Crippen LogP contribution in [-0.4, -0.2) is 21.9 Å². The Bertz CT molecular complexity index is 566. The molecule has 1 amide bonds. The van der Waals surface area contributed by atoms with Crippen LogP contribution in [0, 0.1) is 16.0 Å². The van der Waals surface area contributed by atoms with Gasteiger partial charge in [-0.3, -0.25) is 14.9 Å². The van der Waals surface area contributed by atoms with Crippen molar-refractivity contribution in [3.05, 3.63) is 33.9 Å². The highest BCUT2D eigenvalue weighted by atomic mass is 16.6. The summed E-state index contributed by atoms with van der Waals surface area (Å²) >= 11 is 0. The van der Waals surface area contributed by atoms with Crippen molar-refractivity contribution in [2.24, 2.45) is 5.92 Å². The Morgan fingerprint density at radius 1 is 1.40 bits per heavy atom. The van der Waals surface area contributed by atoms with E-state index in [0.717, 1.165) is 25.3 Å². The maximum Gasteiger partial charge on any atom is 0.335 e. The first-order chi connectivity index (χ1) is 9.47. The molecule has 0 radical (unpaired) electrons. The standard InChI is InChI=1S/C13H14N2O5/c16-12(6-8-2-1-3-8)14-10-5-4-9(13(17)18)7-11(10)15(19)20/h4-5,7-8H,1-3,6H2,(H,14,16)(H,17,18). The predicted octanol–water partition coefficient (Wildman–Crippen LogP) is 2.42. The monoisotopic (exact) mass is 278 g/mol. The topological polar surface area (TPSA) is 110 Å². The number of carbonyl (C=O) groups is 2. The Hall–Kier alpha value is -2.44. The number of nitro benzene ring substituents is 1. The normalized spacial score (nSPS) is 14.4. The van der Waals surface area contributed by atoms with Crippen LogP contribution in [0.1, 0.15) is 36.0 Å². The van der Waals surface area contributed by atoms with Gasteiger partial charge in [0.15, 0.2) is 0 Å². The van der Waals surface area contributed by atoms with Crippen molar-refractivity contribution in [1.82, 2.24) is 0 Å². The molecular weight excluding hydrogens is 264 g/mol. The van der Waals surface area contributed by atoms with E-state index in [2.05, 4.69) is 5.32 Å². The van der Waals surface area contributed by atoms with E-state index >= 15 is 0 Å². The van der Waals surface area contributed by atoms with Crippen molar-refractivity contribution in [3.63, 3.8) is 0 Å². The number of hydrogen-bond donors (Lipinski definition) is 2. The second-order valence-corrected chi connectivity index (χ2v) is 4.84. The van der Waals surface area contributed by atoms with Crippen LogP contribution in [0.3, 0.4) is 0 Å². The highest BCUT2D eigenvalue weighted by Crippen LogP contribution is 2.31. The van der Waals surface area contributed by atoms with E-state index in [-0.39, 0.29) is 17.2 Å². The lowest BCUT2D eigenvalue weighted by Gasteiger charge is -2.24. The van der Waals surface area contributed by atoms with Crippen molar-refractivity contribution < 1.29 is 19.6 Å². The number of hydrogen-bond acceptors (Lipinski definition) is 4. The fourth-order valence-electron chi connectivity index (χ4n) is 2.08.